The Bertz CT molecular complexity index is 324. The molecule has 0 bridgehead atoms. The molecule has 0 aromatic carbocycles. The lowest BCUT2D eigenvalue weighted by Gasteiger charge is -2.14. The summed E-state index contributed by atoms with van der Waals surface area (Å²) < 4.78 is 0.956. The van der Waals surface area contributed by atoms with Gasteiger partial charge in [-0.3, -0.25) is 4.79 Å². The van der Waals surface area contributed by atoms with Crippen LogP contribution in [0.15, 0.2) is 15.9 Å². The van der Waals surface area contributed by atoms with Gasteiger partial charge in [0.05, 0.1) is 14.7 Å². The summed E-state index contributed by atoms with van der Waals surface area (Å²) in [4.78, 5) is 14.4. The highest BCUT2D eigenvalue weighted by Gasteiger charge is 2.17. The molecule has 1 heterocycles. The molecule has 0 aliphatic heterocycles. The minimum Gasteiger partial charge on any atom is -0.320 e. The predicted octanol–water partition coefficient (Wildman–Crippen LogP) is 1.58. The normalized spacial score (nSPS) is 13.2. The zero-order chi connectivity index (χ0) is 10.7. The van der Waals surface area contributed by atoms with Crippen molar-refractivity contribution in [3.63, 3.8) is 0 Å². The monoisotopic (exact) mass is 276 g/mol. The van der Waals surface area contributed by atoms with E-state index < -0.39 is 6.04 Å². The lowest BCUT2D eigenvalue weighted by atomic mass is 10.1. The van der Waals surface area contributed by atoms with Crippen LogP contribution in [0.4, 0.5) is 0 Å². The zero-order valence-corrected chi connectivity index (χ0v) is 10.6. The first-order chi connectivity index (χ1) is 6.50. The summed E-state index contributed by atoms with van der Waals surface area (Å²) in [6.45, 7) is 0.578. The second-order valence-corrected chi connectivity index (χ2v) is 5.80. The van der Waals surface area contributed by atoms with E-state index in [1.165, 1.54) is 11.3 Å². The van der Waals surface area contributed by atoms with Crippen LogP contribution >= 0.6 is 27.3 Å². The molecular weight excluding hydrogens is 264 g/mol. The van der Waals surface area contributed by atoms with Gasteiger partial charge in [-0.2, -0.15) is 0 Å². The summed E-state index contributed by atoms with van der Waals surface area (Å²) in [5, 5.41) is 0. The van der Waals surface area contributed by atoms with Crippen molar-refractivity contribution in [2.45, 2.75) is 6.04 Å². The summed E-state index contributed by atoms with van der Waals surface area (Å²) in [5.74, 6) is 0.00870. The molecule has 1 atom stereocenters. The maximum atomic E-state index is 11.7. The average Bonchev–Trinajstić information content (AvgIpc) is 2.49. The lowest BCUT2D eigenvalue weighted by molar-refractivity contribution is 0.0951. The number of likely N-dealkylation sites (N-methyl/N-ethyl adjacent to an activating group) is 1. The number of carbonyl (C=O) groups is 1. The number of ketones is 1. The maximum Gasteiger partial charge on any atom is 0.190 e. The van der Waals surface area contributed by atoms with E-state index in [0.29, 0.717) is 11.4 Å². The summed E-state index contributed by atoms with van der Waals surface area (Å²) in [6.07, 6.45) is 0. The molecule has 0 fully saturated rings. The number of carbonyl (C=O) groups excluding carboxylic acids is 1. The zero-order valence-electron chi connectivity index (χ0n) is 8.16. The number of halogens is 1. The Balaban J connectivity index is 2.65. The fraction of sp³-hybridized carbons (Fsp3) is 0.444. The van der Waals surface area contributed by atoms with Gasteiger partial charge in [0, 0.05) is 6.54 Å². The van der Waals surface area contributed by atoms with Crippen molar-refractivity contribution in [3.05, 3.63) is 20.8 Å². The smallest absolute Gasteiger partial charge is 0.190 e. The Labute approximate surface area is 96.0 Å². The van der Waals surface area contributed by atoms with Gasteiger partial charge >= 0.3 is 0 Å². The van der Waals surface area contributed by atoms with Crippen LogP contribution in [0.5, 0.6) is 0 Å². The summed E-state index contributed by atoms with van der Waals surface area (Å²) >= 11 is 4.74. The molecule has 0 aliphatic carbocycles. The van der Waals surface area contributed by atoms with Gasteiger partial charge in [-0.05, 0) is 42.2 Å². The highest BCUT2D eigenvalue weighted by atomic mass is 79.9. The molecular formula is C9H13BrN2OS. The van der Waals surface area contributed by atoms with Gasteiger partial charge in [0.15, 0.2) is 5.78 Å². The number of hydrogen-bond acceptors (Lipinski definition) is 4. The van der Waals surface area contributed by atoms with Crippen molar-refractivity contribution in [1.82, 2.24) is 4.90 Å². The number of rotatable bonds is 4. The Kier molecular flexibility index (Phi) is 4.25. The number of nitrogens with two attached hydrogens (primary N) is 1. The van der Waals surface area contributed by atoms with Crippen LogP contribution in [0, 0.1) is 0 Å². The van der Waals surface area contributed by atoms with Gasteiger partial charge in [-0.1, -0.05) is 0 Å². The standard InChI is InChI=1S/C9H13BrN2OS/c1-12(2)5-6(11)9(13)7-3-4-8(10)14-7/h3-4,6H,5,11H2,1-2H3. The number of nitrogens with zero attached hydrogens (tertiary/aromatic N) is 1. The van der Waals surface area contributed by atoms with E-state index in [1.807, 2.05) is 25.1 Å². The van der Waals surface area contributed by atoms with E-state index in [0.717, 1.165) is 3.79 Å². The minimum absolute atomic E-state index is 0.00870. The molecule has 78 valence electrons. The van der Waals surface area contributed by atoms with E-state index >= 15 is 0 Å². The van der Waals surface area contributed by atoms with Crippen molar-refractivity contribution in [2.75, 3.05) is 20.6 Å². The van der Waals surface area contributed by atoms with E-state index in [9.17, 15) is 4.79 Å². The molecule has 0 saturated carbocycles. The Morgan fingerprint density at radius 3 is 2.71 bits per heavy atom. The molecule has 0 amide bonds. The van der Waals surface area contributed by atoms with Gasteiger partial charge in [0.1, 0.15) is 0 Å². The molecule has 2 N–H and O–H groups in total. The van der Waals surface area contributed by atoms with Gasteiger partial charge < -0.3 is 10.6 Å². The Hall–Kier alpha value is -0.230. The molecule has 14 heavy (non-hydrogen) atoms. The van der Waals surface area contributed by atoms with E-state index in [1.54, 1.807) is 6.07 Å². The molecule has 5 heteroatoms. The fourth-order valence-electron chi connectivity index (χ4n) is 1.11. The van der Waals surface area contributed by atoms with Crippen molar-refractivity contribution in [1.29, 1.82) is 0 Å². The second-order valence-electron chi connectivity index (χ2n) is 3.34. The quantitative estimate of drug-likeness (QED) is 0.850. The van der Waals surface area contributed by atoms with E-state index in [2.05, 4.69) is 15.9 Å². The Morgan fingerprint density at radius 2 is 2.29 bits per heavy atom. The van der Waals surface area contributed by atoms with Crippen LogP contribution in [0.3, 0.4) is 0 Å². The number of hydrogen-bond donors (Lipinski definition) is 1. The van der Waals surface area contributed by atoms with Gasteiger partial charge in [0.25, 0.3) is 0 Å². The second kappa shape index (κ2) is 5.02. The first-order valence-corrected chi connectivity index (χ1v) is 5.81. The third kappa shape index (κ3) is 3.16. The average molecular weight is 277 g/mol. The van der Waals surface area contributed by atoms with Crippen LogP contribution in [-0.4, -0.2) is 37.4 Å². The SMILES string of the molecule is CN(C)CC(N)C(=O)c1ccc(Br)s1. The van der Waals surface area contributed by atoms with E-state index in [-0.39, 0.29) is 5.78 Å². The lowest BCUT2D eigenvalue weighted by Crippen LogP contribution is -2.39. The van der Waals surface area contributed by atoms with Gasteiger partial charge in [-0.25, -0.2) is 0 Å². The molecule has 1 rings (SSSR count). The van der Waals surface area contributed by atoms with Crippen molar-refractivity contribution in [2.24, 2.45) is 5.73 Å². The molecule has 1 aromatic heterocycles. The van der Waals surface area contributed by atoms with Crippen molar-refractivity contribution >= 4 is 33.0 Å². The molecule has 0 radical (unpaired) electrons. The largest absolute Gasteiger partial charge is 0.320 e. The third-order valence-electron chi connectivity index (χ3n) is 1.71. The van der Waals surface area contributed by atoms with Crippen LogP contribution in [-0.2, 0) is 0 Å². The van der Waals surface area contributed by atoms with E-state index in [4.69, 9.17) is 5.73 Å². The topological polar surface area (TPSA) is 46.3 Å². The number of Topliss-reactive ketones (excluding diaryl/α,β-unsaturated/α-hetero) is 1. The fourth-order valence-corrected chi connectivity index (χ4v) is 2.50. The summed E-state index contributed by atoms with van der Waals surface area (Å²) in [7, 11) is 3.80. The maximum absolute atomic E-state index is 11.7. The molecule has 0 aliphatic rings. The van der Waals surface area contributed by atoms with Crippen LogP contribution < -0.4 is 5.73 Å². The summed E-state index contributed by atoms with van der Waals surface area (Å²) in [6, 6.07) is 3.22. The molecule has 1 aromatic rings. The summed E-state index contributed by atoms with van der Waals surface area (Å²) in [5.41, 5.74) is 5.76. The first kappa shape index (κ1) is 11.8. The highest BCUT2D eigenvalue weighted by Crippen LogP contribution is 2.22. The minimum atomic E-state index is -0.435. The predicted molar refractivity (Wildman–Crippen MR) is 62.9 cm³/mol. The number of thiophene rings is 1. The van der Waals surface area contributed by atoms with Crippen LogP contribution in [0.25, 0.3) is 0 Å². The first-order valence-electron chi connectivity index (χ1n) is 4.20. The van der Waals surface area contributed by atoms with Crippen LogP contribution in [0.1, 0.15) is 9.67 Å². The molecule has 1 unspecified atom stereocenters. The van der Waals surface area contributed by atoms with Crippen LogP contribution in [0.2, 0.25) is 0 Å². The molecule has 0 spiro atoms. The third-order valence-corrected chi connectivity index (χ3v) is 3.35. The van der Waals surface area contributed by atoms with Crippen molar-refractivity contribution in [3.8, 4) is 0 Å². The molecule has 0 saturated heterocycles. The van der Waals surface area contributed by atoms with Gasteiger partial charge in [-0.15, -0.1) is 11.3 Å². The Morgan fingerprint density at radius 1 is 1.64 bits per heavy atom. The molecule has 3 nitrogen and oxygen atoms in total. The van der Waals surface area contributed by atoms with Gasteiger partial charge in [0.2, 0.25) is 0 Å². The van der Waals surface area contributed by atoms with Crippen molar-refractivity contribution < 1.29 is 4.79 Å². The highest BCUT2D eigenvalue weighted by molar-refractivity contribution is 9.11.